The number of nitrogens with zero attached hydrogens (tertiary/aromatic N) is 1. The van der Waals surface area contributed by atoms with E-state index in [2.05, 4.69) is 65.1 Å². The Kier molecular flexibility index (Phi) is 4.10. The fourth-order valence-electron chi connectivity index (χ4n) is 2.50. The van der Waals surface area contributed by atoms with Gasteiger partial charge in [0.25, 0.3) is 0 Å². The third-order valence-corrected chi connectivity index (χ3v) is 3.61. The normalized spacial score (nSPS) is 20.3. The van der Waals surface area contributed by atoms with E-state index in [9.17, 15) is 0 Å². The van der Waals surface area contributed by atoms with Crippen molar-refractivity contribution in [1.29, 1.82) is 0 Å². The van der Waals surface area contributed by atoms with Crippen LogP contribution in [0.3, 0.4) is 0 Å². The van der Waals surface area contributed by atoms with E-state index in [-0.39, 0.29) is 0 Å². The summed E-state index contributed by atoms with van der Waals surface area (Å²) in [6.45, 7) is 8.85. The highest BCUT2D eigenvalue weighted by atomic mass is 79.9. The van der Waals surface area contributed by atoms with E-state index in [1.807, 2.05) is 0 Å². The third-order valence-electron chi connectivity index (χ3n) is 3.15. The smallest absolute Gasteiger partial charge is 0.0380 e. The molecule has 0 spiro atoms. The number of rotatable bonds is 3. The number of hydrogen-bond donors (Lipinski definition) is 1. The number of aryl methyl sites for hydroxylation is 1. The Morgan fingerprint density at radius 2 is 2.12 bits per heavy atom. The lowest BCUT2D eigenvalue weighted by molar-refractivity contribution is 0.492. The second-order valence-corrected chi connectivity index (χ2v) is 6.16. The van der Waals surface area contributed by atoms with Crippen LogP contribution in [0.25, 0.3) is 0 Å². The topological polar surface area (TPSA) is 15.3 Å². The van der Waals surface area contributed by atoms with Crippen LogP contribution in [-0.4, -0.2) is 25.2 Å². The largest absolute Gasteiger partial charge is 0.370 e. The molecule has 3 heteroatoms. The molecule has 1 fully saturated rings. The molecule has 0 amide bonds. The van der Waals surface area contributed by atoms with Gasteiger partial charge in [-0.25, -0.2) is 0 Å². The van der Waals surface area contributed by atoms with Crippen LogP contribution in [0.15, 0.2) is 22.7 Å². The molecule has 1 heterocycles. The van der Waals surface area contributed by atoms with E-state index in [0.717, 1.165) is 13.1 Å². The third kappa shape index (κ3) is 3.46. The van der Waals surface area contributed by atoms with E-state index < -0.39 is 0 Å². The van der Waals surface area contributed by atoms with Gasteiger partial charge in [-0.3, -0.25) is 0 Å². The molecule has 1 aromatic rings. The highest BCUT2D eigenvalue weighted by Crippen LogP contribution is 2.25. The molecule has 0 aromatic heterocycles. The number of anilines is 1. The van der Waals surface area contributed by atoms with E-state index in [1.54, 1.807) is 0 Å². The Labute approximate surface area is 113 Å². The van der Waals surface area contributed by atoms with Crippen LogP contribution < -0.4 is 10.2 Å². The van der Waals surface area contributed by atoms with Crippen molar-refractivity contribution in [1.82, 2.24) is 5.32 Å². The van der Waals surface area contributed by atoms with Gasteiger partial charge in [-0.15, -0.1) is 0 Å². The first-order valence-corrected chi connectivity index (χ1v) is 7.12. The molecular formula is C14H21BrN2. The molecule has 2 rings (SSSR count). The first-order chi connectivity index (χ1) is 8.04. The monoisotopic (exact) mass is 296 g/mol. The summed E-state index contributed by atoms with van der Waals surface area (Å²) < 4.78 is 1.17. The average molecular weight is 297 g/mol. The van der Waals surface area contributed by atoms with Gasteiger partial charge < -0.3 is 10.2 Å². The van der Waals surface area contributed by atoms with Crippen LogP contribution in [0.2, 0.25) is 0 Å². The summed E-state index contributed by atoms with van der Waals surface area (Å²) >= 11 is 3.57. The lowest BCUT2D eigenvalue weighted by Crippen LogP contribution is -2.37. The molecule has 17 heavy (non-hydrogen) atoms. The fourth-order valence-corrected chi connectivity index (χ4v) is 3.10. The van der Waals surface area contributed by atoms with Crippen LogP contribution in [0.4, 0.5) is 5.69 Å². The Bertz CT molecular complexity index is 370. The van der Waals surface area contributed by atoms with Crippen molar-refractivity contribution in [3.63, 3.8) is 0 Å². The van der Waals surface area contributed by atoms with Crippen LogP contribution in [0.5, 0.6) is 0 Å². The Morgan fingerprint density at radius 1 is 1.35 bits per heavy atom. The summed E-state index contributed by atoms with van der Waals surface area (Å²) in [6, 6.07) is 7.84. The molecule has 2 nitrogen and oxygen atoms in total. The molecule has 1 atom stereocenters. The quantitative estimate of drug-likeness (QED) is 0.920. The number of hydrogen-bond acceptors (Lipinski definition) is 2. The van der Waals surface area contributed by atoms with Crippen LogP contribution in [0.1, 0.15) is 25.8 Å². The van der Waals surface area contributed by atoms with Gasteiger partial charge in [-0.2, -0.15) is 0 Å². The van der Waals surface area contributed by atoms with E-state index >= 15 is 0 Å². The van der Waals surface area contributed by atoms with Gasteiger partial charge in [0.1, 0.15) is 0 Å². The lowest BCUT2D eigenvalue weighted by Gasteiger charge is -2.21. The van der Waals surface area contributed by atoms with E-state index in [4.69, 9.17) is 0 Å². The highest BCUT2D eigenvalue weighted by Gasteiger charge is 2.23. The van der Waals surface area contributed by atoms with Crippen molar-refractivity contribution in [2.45, 2.75) is 39.3 Å². The predicted molar refractivity (Wildman–Crippen MR) is 77.8 cm³/mol. The minimum absolute atomic E-state index is 0.573. The zero-order chi connectivity index (χ0) is 12.4. The molecule has 1 aliphatic heterocycles. The van der Waals surface area contributed by atoms with Gasteiger partial charge in [0, 0.05) is 35.3 Å². The van der Waals surface area contributed by atoms with Crippen molar-refractivity contribution in [2.24, 2.45) is 0 Å². The summed E-state index contributed by atoms with van der Waals surface area (Å²) in [4.78, 5) is 2.47. The van der Waals surface area contributed by atoms with Crippen molar-refractivity contribution < 1.29 is 0 Å². The minimum Gasteiger partial charge on any atom is -0.370 e. The molecule has 0 saturated carbocycles. The van der Waals surface area contributed by atoms with Crippen molar-refractivity contribution in [3.05, 3.63) is 28.2 Å². The predicted octanol–water partition coefficient (Wildman–Crippen LogP) is 3.33. The van der Waals surface area contributed by atoms with Gasteiger partial charge in [0.05, 0.1) is 0 Å². The van der Waals surface area contributed by atoms with Gasteiger partial charge in [-0.1, -0.05) is 29.8 Å². The lowest BCUT2D eigenvalue weighted by atomic mass is 10.2. The zero-order valence-electron chi connectivity index (χ0n) is 10.8. The van der Waals surface area contributed by atoms with Crippen LogP contribution in [-0.2, 0) is 0 Å². The first-order valence-electron chi connectivity index (χ1n) is 6.33. The summed E-state index contributed by atoms with van der Waals surface area (Å²) in [5, 5.41) is 3.62. The van der Waals surface area contributed by atoms with Crippen molar-refractivity contribution in [3.8, 4) is 0 Å². The molecule has 1 aliphatic rings. The molecular weight excluding hydrogens is 276 g/mol. The van der Waals surface area contributed by atoms with Gasteiger partial charge in [0.15, 0.2) is 0 Å². The maximum atomic E-state index is 3.62. The van der Waals surface area contributed by atoms with E-state index in [1.165, 1.54) is 22.1 Å². The molecule has 1 N–H and O–H groups in total. The van der Waals surface area contributed by atoms with Gasteiger partial charge in [0.2, 0.25) is 0 Å². The van der Waals surface area contributed by atoms with E-state index in [0.29, 0.717) is 12.1 Å². The Balaban J connectivity index is 2.04. The van der Waals surface area contributed by atoms with Crippen molar-refractivity contribution >= 4 is 21.6 Å². The second kappa shape index (κ2) is 5.40. The molecule has 0 radical (unpaired) electrons. The molecule has 1 unspecified atom stereocenters. The Morgan fingerprint density at radius 3 is 2.76 bits per heavy atom. The maximum Gasteiger partial charge on any atom is 0.0380 e. The SMILES string of the molecule is Cc1cc(Br)cc(N2CCC(NC(C)C)C2)c1. The molecule has 0 aliphatic carbocycles. The Hall–Kier alpha value is -0.540. The second-order valence-electron chi connectivity index (χ2n) is 5.24. The molecule has 1 saturated heterocycles. The van der Waals surface area contributed by atoms with Gasteiger partial charge in [-0.05, 0) is 37.1 Å². The fraction of sp³-hybridized carbons (Fsp3) is 0.571. The standard InChI is InChI=1S/C14H21BrN2/c1-10(2)16-13-4-5-17(9-13)14-7-11(3)6-12(15)8-14/h6-8,10,13,16H,4-5,9H2,1-3H3. The molecule has 94 valence electrons. The highest BCUT2D eigenvalue weighted by molar-refractivity contribution is 9.10. The average Bonchev–Trinajstić information content (AvgIpc) is 2.63. The summed E-state index contributed by atoms with van der Waals surface area (Å²) in [5.74, 6) is 0. The van der Waals surface area contributed by atoms with Crippen molar-refractivity contribution in [2.75, 3.05) is 18.0 Å². The number of benzene rings is 1. The van der Waals surface area contributed by atoms with Gasteiger partial charge >= 0.3 is 0 Å². The maximum absolute atomic E-state index is 3.62. The summed E-state index contributed by atoms with van der Waals surface area (Å²) in [6.07, 6.45) is 1.24. The summed E-state index contributed by atoms with van der Waals surface area (Å²) in [5.41, 5.74) is 2.65. The summed E-state index contributed by atoms with van der Waals surface area (Å²) in [7, 11) is 0. The molecule has 0 bridgehead atoms. The zero-order valence-corrected chi connectivity index (χ0v) is 12.4. The first kappa shape index (κ1) is 12.9. The number of halogens is 1. The van der Waals surface area contributed by atoms with Crippen LogP contribution >= 0.6 is 15.9 Å². The molecule has 1 aromatic carbocycles. The number of nitrogens with one attached hydrogen (secondary N) is 1. The minimum atomic E-state index is 0.573. The van der Waals surface area contributed by atoms with Crippen LogP contribution in [0, 0.1) is 6.92 Å².